The highest BCUT2D eigenvalue weighted by Gasteiger charge is 2.55. The number of aromatic nitrogens is 3. The average molecular weight is 437 g/mol. The zero-order valence-electron chi connectivity index (χ0n) is 19.5. The molecule has 0 amide bonds. The van der Waals surface area contributed by atoms with E-state index in [0.29, 0.717) is 36.2 Å². The van der Waals surface area contributed by atoms with Crippen LogP contribution < -0.4 is 0 Å². The number of pyridine rings is 1. The van der Waals surface area contributed by atoms with E-state index in [1.54, 1.807) is 19.5 Å². The Bertz CT molecular complexity index is 1060. The number of aliphatic hydroxyl groups is 1. The predicted molar refractivity (Wildman–Crippen MR) is 122 cm³/mol. The van der Waals surface area contributed by atoms with Crippen LogP contribution in [-0.2, 0) is 16.8 Å². The Kier molecular flexibility index (Phi) is 6.16. The number of hydrogen-bond donors (Lipinski definition) is 1. The Labute approximate surface area is 189 Å². The van der Waals surface area contributed by atoms with Crippen molar-refractivity contribution in [3.63, 3.8) is 0 Å². The number of ether oxygens (including phenoxy) is 1. The van der Waals surface area contributed by atoms with Crippen LogP contribution in [0.1, 0.15) is 49.3 Å². The Morgan fingerprint density at radius 1 is 1.19 bits per heavy atom. The van der Waals surface area contributed by atoms with E-state index in [0.717, 1.165) is 24.2 Å². The number of rotatable bonds is 8. The largest absolute Gasteiger partial charge is 0.384 e. The lowest BCUT2D eigenvalue weighted by molar-refractivity contribution is -0.127. The molecule has 7 heteroatoms. The molecule has 1 atom stereocenters. The van der Waals surface area contributed by atoms with Crippen LogP contribution in [0, 0.1) is 5.41 Å². The fraction of sp³-hybridized carbons (Fsp3) is 0.480. The first-order valence-electron chi connectivity index (χ1n) is 11.1. The van der Waals surface area contributed by atoms with Crippen molar-refractivity contribution in [3.05, 3.63) is 65.3 Å². The van der Waals surface area contributed by atoms with E-state index in [9.17, 15) is 5.11 Å². The molecule has 1 aliphatic rings. The summed E-state index contributed by atoms with van der Waals surface area (Å²) < 4.78 is 10.4. The lowest BCUT2D eigenvalue weighted by atomic mass is 9.62. The lowest BCUT2D eigenvalue weighted by Gasteiger charge is -2.55. The Morgan fingerprint density at radius 2 is 1.91 bits per heavy atom. The van der Waals surface area contributed by atoms with Crippen molar-refractivity contribution >= 4 is 0 Å². The summed E-state index contributed by atoms with van der Waals surface area (Å²) >= 11 is 0. The van der Waals surface area contributed by atoms with Crippen LogP contribution >= 0.6 is 0 Å². The number of nitrogens with zero attached hydrogens (tertiary/aromatic N) is 4. The maximum absolute atomic E-state index is 12.3. The van der Waals surface area contributed by atoms with Crippen molar-refractivity contribution in [2.24, 2.45) is 5.41 Å². The minimum absolute atomic E-state index is 0.359. The van der Waals surface area contributed by atoms with Gasteiger partial charge in [0, 0.05) is 49.1 Å². The second kappa shape index (κ2) is 8.73. The molecule has 1 fully saturated rings. The maximum atomic E-state index is 12.3. The van der Waals surface area contributed by atoms with Crippen LogP contribution in [0.5, 0.6) is 0 Å². The van der Waals surface area contributed by atoms with Crippen LogP contribution in [0.4, 0.5) is 0 Å². The molecule has 2 aromatic heterocycles. The van der Waals surface area contributed by atoms with Crippen molar-refractivity contribution in [2.75, 3.05) is 33.9 Å². The van der Waals surface area contributed by atoms with Gasteiger partial charge in [0.15, 0.2) is 0 Å². The molecule has 0 bridgehead atoms. The highest BCUT2D eigenvalue weighted by Crippen LogP contribution is 2.50. The van der Waals surface area contributed by atoms with Gasteiger partial charge in [0.2, 0.25) is 11.7 Å². The highest BCUT2D eigenvalue weighted by atomic mass is 16.5. The molecule has 32 heavy (non-hydrogen) atoms. The van der Waals surface area contributed by atoms with Gasteiger partial charge in [-0.05, 0) is 30.2 Å². The Morgan fingerprint density at radius 3 is 2.53 bits per heavy atom. The molecule has 0 radical (unpaired) electrons. The van der Waals surface area contributed by atoms with Gasteiger partial charge in [-0.15, -0.1) is 0 Å². The van der Waals surface area contributed by atoms with E-state index in [-0.39, 0.29) is 5.41 Å². The van der Waals surface area contributed by atoms with Gasteiger partial charge in [0.05, 0.1) is 13.0 Å². The van der Waals surface area contributed by atoms with Crippen LogP contribution in [0.3, 0.4) is 0 Å². The number of likely N-dealkylation sites (tertiary alicyclic amines) is 1. The van der Waals surface area contributed by atoms with Crippen LogP contribution in [0.15, 0.2) is 47.2 Å². The minimum Gasteiger partial charge on any atom is -0.384 e. The number of benzene rings is 1. The first kappa shape index (κ1) is 22.6. The fourth-order valence-electron chi connectivity index (χ4n) is 4.77. The molecule has 170 valence electrons. The van der Waals surface area contributed by atoms with Gasteiger partial charge in [-0.3, -0.25) is 4.98 Å². The van der Waals surface area contributed by atoms with Crippen LogP contribution in [-0.4, -0.2) is 59.0 Å². The molecule has 7 nitrogen and oxygen atoms in total. The van der Waals surface area contributed by atoms with Gasteiger partial charge in [-0.25, -0.2) is 0 Å². The third kappa shape index (κ3) is 3.96. The van der Waals surface area contributed by atoms with E-state index in [1.807, 2.05) is 18.2 Å². The van der Waals surface area contributed by atoms with Crippen LogP contribution in [0.25, 0.3) is 11.4 Å². The summed E-state index contributed by atoms with van der Waals surface area (Å²) in [6, 6.07) is 10.2. The van der Waals surface area contributed by atoms with Crippen LogP contribution in [0.2, 0.25) is 0 Å². The molecule has 3 heterocycles. The second-order valence-corrected chi connectivity index (χ2v) is 9.44. The third-order valence-corrected chi connectivity index (χ3v) is 6.51. The molecule has 1 N–H and O–H groups in total. The average Bonchev–Trinajstić information content (AvgIpc) is 3.25. The summed E-state index contributed by atoms with van der Waals surface area (Å²) in [6.45, 7) is 8.54. The first-order valence-corrected chi connectivity index (χ1v) is 11.1. The van der Waals surface area contributed by atoms with E-state index in [1.165, 1.54) is 5.56 Å². The summed E-state index contributed by atoms with van der Waals surface area (Å²) in [7, 11) is 3.71. The lowest BCUT2D eigenvalue weighted by Crippen LogP contribution is -2.63. The van der Waals surface area contributed by atoms with E-state index < -0.39 is 5.60 Å². The summed E-state index contributed by atoms with van der Waals surface area (Å²) in [5, 5.41) is 16.4. The fourth-order valence-corrected chi connectivity index (χ4v) is 4.77. The Hall–Kier alpha value is -2.61. The quantitative estimate of drug-likeness (QED) is 0.577. The third-order valence-electron chi connectivity index (χ3n) is 6.51. The summed E-state index contributed by atoms with van der Waals surface area (Å²) in [6.07, 6.45) is 3.99. The van der Waals surface area contributed by atoms with Crippen molar-refractivity contribution in [2.45, 2.75) is 38.7 Å². The molecule has 0 aliphatic carbocycles. The number of hydrogen-bond acceptors (Lipinski definition) is 7. The van der Waals surface area contributed by atoms with E-state index in [4.69, 9.17) is 9.26 Å². The topological polar surface area (TPSA) is 84.5 Å². The SMILES string of the molecule is COCCc1nc(-c2cncc([C@@](O)(c3ccc(C(C)C)cc3)C3(C)CN(C)C3)c2)no1. The van der Waals surface area contributed by atoms with Crippen molar-refractivity contribution in [1.29, 1.82) is 0 Å². The molecule has 4 rings (SSSR count). The standard InChI is InChI=1S/C25H32N4O3/c1-17(2)18-6-8-20(9-7-18)25(30,24(3)15-29(4)16-24)21-12-19(13-26-14-21)23-27-22(32-28-23)10-11-31-5/h6-9,12-14,17,30H,10-11,15-16H2,1-5H3/t25-/m0/s1. The predicted octanol–water partition coefficient (Wildman–Crippen LogP) is 3.63. The molecule has 1 aliphatic heterocycles. The van der Waals surface area contributed by atoms with Gasteiger partial charge in [-0.2, -0.15) is 4.98 Å². The van der Waals surface area contributed by atoms with Gasteiger partial charge in [0.25, 0.3) is 0 Å². The monoisotopic (exact) mass is 436 g/mol. The zero-order chi connectivity index (χ0) is 22.9. The van der Waals surface area contributed by atoms with Gasteiger partial charge in [-0.1, -0.05) is 50.2 Å². The Balaban J connectivity index is 1.75. The summed E-state index contributed by atoms with van der Waals surface area (Å²) in [5.41, 5.74) is 1.98. The van der Waals surface area contributed by atoms with Crippen molar-refractivity contribution in [3.8, 4) is 11.4 Å². The van der Waals surface area contributed by atoms with Crippen molar-refractivity contribution < 1.29 is 14.4 Å². The zero-order valence-corrected chi connectivity index (χ0v) is 19.5. The van der Waals surface area contributed by atoms with Gasteiger partial charge in [0.1, 0.15) is 5.60 Å². The minimum atomic E-state index is -1.21. The molecule has 3 aromatic rings. The smallest absolute Gasteiger partial charge is 0.229 e. The molecule has 0 spiro atoms. The maximum Gasteiger partial charge on any atom is 0.229 e. The number of methoxy groups -OCH3 is 1. The molecule has 1 aromatic carbocycles. The molecule has 0 unspecified atom stereocenters. The highest BCUT2D eigenvalue weighted by molar-refractivity contribution is 5.56. The summed E-state index contributed by atoms with van der Waals surface area (Å²) in [4.78, 5) is 11.1. The molecular formula is C25H32N4O3. The van der Waals surface area contributed by atoms with Gasteiger partial charge < -0.3 is 19.3 Å². The van der Waals surface area contributed by atoms with E-state index in [2.05, 4.69) is 60.0 Å². The first-order chi connectivity index (χ1) is 15.3. The normalized spacial score (nSPS) is 17.8. The van der Waals surface area contributed by atoms with Gasteiger partial charge >= 0.3 is 0 Å². The second-order valence-electron chi connectivity index (χ2n) is 9.44. The summed E-state index contributed by atoms with van der Waals surface area (Å²) in [5.74, 6) is 1.40. The molecule has 0 saturated carbocycles. The van der Waals surface area contributed by atoms with Crippen molar-refractivity contribution in [1.82, 2.24) is 20.0 Å². The molecule has 1 saturated heterocycles. The van der Waals surface area contributed by atoms with E-state index >= 15 is 0 Å². The molecular weight excluding hydrogens is 404 g/mol.